The van der Waals surface area contributed by atoms with Crippen LogP contribution in [0.15, 0.2) is 36.7 Å². The molecule has 2 aliphatic heterocycles. The average Bonchev–Trinajstić information content (AvgIpc) is 3.71. The van der Waals surface area contributed by atoms with Crippen molar-refractivity contribution in [3.05, 3.63) is 59.6 Å². The first-order chi connectivity index (χ1) is 19.9. The number of rotatable bonds is 3. The average molecular weight is 573 g/mol. The van der Waals surface area contributed by atoms with E-state index in [0.717, 1.165) is 54.2 Å². The first kappa shape index (κ1) is 29.2. The van der Waals surface area contributed by atoms with Gasteiger partial charge in [-0.1, -0.05) is 18.1 Å². The maximum absolute atomic E-state index is 12.7. The van der Waals surface area contributed by atoms with E-state index in [9.17, 15) is 9.59 Å². The van der Waals surface area contributed by atoms with Crippen molar-refractivity contribution in [2.45, 2.75) is 90.5 Å². The topological polar surface area (TPSA) is 116 Å². The molecule has 2 N–H and O–H groups in total. The van der Waals surface area contributed by atoms with Crippen LogP contribution >= 0.6 is 0 Å². The van der Waals surface area contributed by atoms with Gasteiger partial charge in [-0.2, -0.15) is 0 Å². The molecule has 2 saturated heterocycles. The van der Waals surface area contributed by atoms with Crippen LogP contribution in [0, 0.1) is 11.8 Å². The molecule has 2 atom stereocenters. The Bertz CT molecular complexity index is 1480. The molecule has 10 heteroatoms. The third-order valence-corrected chi connectivity index (χ3v) is 7.12. The summed E-state index contributed by atoms with van der Waals surface area (Å²) in [6.07, 6.45) is 6.37. The summed E-state index contributed by atoms with van der Waals surface area (Å²) in [5.74, 6) is 7.82. The van der Waals surface area contributed by atoms with Crippen LogP contribution in [0.2, 0.25) is 0 Å². The quantitative estimate of drug-likeness (QED) is 0.354. The summed E-state index contributed by atoms with van der Waals surface area (Å²) in [6.45, 7) is 12.5. The Labute approximate surface area is 247 Å². The van der Waals surface area contributed by atoms with E-state index in [1.807, 2.05) is 65.8 Å². The van der Waals surface area contributed by atoms with E-state index >= 15 is 0 Å². The van der Waals surface area contributed by atoms with Crippen molar-refractivity contribution < 1.29 is 19.1 Å². The summed E-state index contributed by atoms with van der Waals surface area (Å²) < 4.78 is 11.2. The maximum atomic E-state index is 12.7. The van der Waals surface area contributed by atoms with Crippen molar-refractivity contribution in [2.75, 3.05) is 13.1 Å². The fourth-order valence-corrected chi connectivity index (χ4v) is 5.27. The molecule has 10 nitrogen and oxygen atoms in total. The van der Waals surface area contributed by atoms with Gasteiger partial charge in [0.2, 0.25) is 0 Å². The summed E-state index contributed by atoms with van der Waals surface area (Å²) in [5, 5.41) is 0. The SMILES string of the molecule is CC(C)(C)OC(=O)N1CCC[C@@H]1c1ncc(C#Cc2ccc(-c3cnc([C@H]4CCCN4C(=O)OC(C)(C)C)[nH]3)cc2)[nH]1. The van der Waals surface area contributed by atoms with Gasteiger partial charge in [0.25, 0.3) is 0 Å². The van der Waals surface area contributed by atoms with Gasteiger partial charge in [-0.15, -0.1) is 0 Å². The Balaban J connectivity index is 1.23. The van der Waals surface area contributed by atoms with Crippen LogP contribution in [0.1, 0.15) is 102 Å². The van der Waals surface area contributed by atoms with Crippen molar-refractivity contribution in [1.29, 1.82) is 0 Å². The predicted octanol–water partition coefficient (Wildman–Crippen LogP) is 6.34. The molecule has 1 aromatic carbocycles. The minimum absolute atomic E-state index is 0.126. The summed E-state index contributed by atoms with van der Waals surface area (Å²) in [4.78, 5) is 44.6. The van der Waals surface area contributed by atoms with Gasteiger partial charge in [-0.05, 0) is 90.8 Å². The van der Waals surface area contributed by atoms with E-state index in [4.69, 9.17) is 9.47 Å². The number of aromatic nitrogens is 4. The Hall–Kier alpha value is -4.26. The molecule has 5 rings (SSSR count). The minimum Gasteiger partial charge on any atom is -0.444 e. The fourth-order valence-electron chi connectivity index (χ4n) is 5.27. The van der Waals surface area contributed by atoms with E-state index in [0.29, 0.717) is 18.8 Å². The number of carbonyl (C=O) groups excluding carboxylic acids is 2. The largest absolute Gasteiger partial charge is 0.444 e. The standard InChI is InChI=1S/C32H40N6O4/c1-31(2,3)41-29(39)37-17-7-9-25(37)27-33-19-23(35-27)16-13-21-11-14-22(15-12-21)24-20-34-28(36-24)26-10-8-18-38(26)30(40)42-32(4,5)6/h11-12,14-15,19-20,25-26H,7-10,17-18H2,1-6H3,(H,33,35)(H,34,36)/t25-,26-/m1/s1. The van der Waals surface area contributed by atoms with E-state index in [1.54, 1.807) is 22.2 Å². The zero-order chi connectivity index (χ0) is 30.1. The van der Waals surface area contributed by atoms with Crippen LogP contribution in [0.3, 0.4) is 0 Å². The maximum Gasteiger partial charge on any atom is 0.410 e. The number of hydrogen-bond donors (Lipinski definition) is 2. The van der Waals surface area contributed by atoms with E-state index in [1.165, 1.54) is 0 Å². The third kappa shape index (κ3) is 6.96. The summed E-state index contributed by atoms with van der Waals surface area (Å²) in [6, 6.07) is 7.65. The number of aromatic amines is 2. The Morgan fingerprint density at radius 1 is 0.786 bits per heavy atom. The molecular weight excluding hydrogens is 532 g/mol. The number of nitrogens with zero attached hydrogens (tertiary/aromatic N) is 4. The molecule has 2 amide bonds. The van der Waals surface area contributed by atoms with Crippen molar-refractivity contribution in [1.82, 2.24) is 29.7 Å². The van der Waals surface area contributed by atoms with Crippen LogP contribution in [0.5, 0.6) is 0 Å². The highest BCUT2D eigenvalue weighted by Gasteiger charge is 2.36. The molecule has 2 aromatic heterocycles. The van der Waals surface area contributed by atoms with Gasteiger partial charge >= 0.3 is 12.2 Å². The van der Waals surface area contributed by atoms with E-state index in [2.05, 4.69) is 31.8 Å². The van der Waals surface area contributed by atoms with Crippen LogP contribution in [0.4, 0.5) is 9.59 Å². The lowest BCUT2D eigenvalue weighted by Crippen LogP contribution is -2.36. The Kier molecular flexibility index (Phi) is 8.04. The molecule has 3 aromatic rings. The summed E-state index contributed by atoms with van der Waals surface area (Å²) in [7, 11) is 0. The van der Waals surface area contributed by atoms with Gasteiger partial charge in [-0.25, -0.2) is 19.6 Å². The molecule has 2 fully saturated rings. The molecule has 0 aliphatic carbocycles. The monoisotopic (exact) mass is 572 g/mol. The van der Waals surface area contributed by atoms with Gasteiger partial charge in [0.15, 0.2) is 0 Å². The van der Waals surface area contributed by atoms with Gasteiger partial charge in [0, 0.05) is 18.7 Å². The van der Waals surface area contributed by atoms with Crippen LogP contribution < -0.4 is 0 Å². The van der Waals surface area contributed by atoms with Crippen LogP contribution in [0.25, 0.3) is 11.3 Å². The number of hydrogen-bond acceptors (Lipinski definition) is 6. The van der Waals surface area contributed by atoms with Crippen molar-refractivity contribution in [2.24, 2.45) is 0 Å². The lowest BCUT2D eigenvalue weighted by molar-refractivity contribution is 0.0208. The van der Waals surface area contributed by atoms with Gasteiger partial charge in [-0.3, -0.25) is 9.80 Å². The van der Waals surface area contributed by atoms with Crippen LogP contribution in [-0.4, -0.2) is 66.2 Å². The highest BCUT2D eigenvalue weighted by atomic mass is 16.6. The number of carbonyl (C=O) groups is 2. The van der Waals surface area contributed by atoms with E-state index < -0.39 is 11.2 Å². The first-order valence-corrected chi connectivity index (χ1v) is 14.6. The summed E-state index contributed by atoms with van der Waals surface area (Å²) in [5.41, 5.74) is 2.32. The third-order valence-electron chi connectivity index (χ3n) is 7.12. The smallest absolute Gasteiger partial charge is 0.410 e. The molecule has 222 valence electrons. The zero-order valence-corrected chi connectivity index (χ0v) is 25.3. The number of ether oxygens (including phenoxy) is 2. The number of H-pyrrole nitrogens is 2. The highest BCUT2D eigenvalue weighted by Crippen LogP contribution is 2.33. The normalized spacial score (nSPS) is 19.0. The first-order valence-electron chi connectivity index (χ1n) is 14.6. The Morgan fingerprint density at radius 2 is 1.31 bits per heavy atom. The molecule has 0 radical (unpaired) electrons. The number of nitrogens with one attached hydrogen (secondary N) is 2. The van der Waals surface area contributed by atoms with Crippen molar-refractivity contribution >= 4 is 12.2 Å². The van der Waals surface area contributed by atoms with E-state index in [-0.39, 0.29) is 24.3 Å². The van der Waals surface area contributed by atoms with Crippen molar-refractivity contribution in [3.63, 3.8) is 0 Å². The highest BCUT2D eigenvalue weighted by molar-refractivity contribution is 5.70. The molecule has 42 heavy (non-hydrogen) atoms. The molecular formula is C32H40N6O4. The zero-order valence-electron chi connectivity index (χ0n) is 25.3. The van der Waals surface area contributed by atoms with Gasteiger partial charge in [0.05, 0.1) is 30.2 Å². The van der Waals surface area contributed by atoms with Crippen LogP contribution in [-0.2, 0) is 9.47 Å². The second-order valence-corrected chi connectivity index (χ2v) is 12.9. The van der Waals surface area contributed by atoms with Gasteiger partial charge < -0.3 is 19.4 Å². The number of amides is 2. The molecule has 0 saturated carbocycles. The second-order valence-electron chi connectivity index (χ2n) is 12.9. The van der Waals surface area contributed by atoms with Crippen molar-refractivity contribution in [3.8, 4) is 23.1 Å². The number of imidazole rings is 2. The number of benzene rings is 1. The number of likely N-dealkylation sites (tertiary alicyclic amines) is 2. The lowest BCUT2D eigenvalue weighted by Gasteiger charge is -2.27. The molecule has 0 unspecified atom stereocenters. The summed E-state index contributed by atoms with van der Waals surface area (Å²) >= 11 is 0. The second kappa shape index (κ2) is 11.6. The Morgan fingerprint density at radius 3 is 1.86 bits per heavy atom. The molecule has 4 heterocycles. The predicted molar refractivity (Wildman–Crippen MR) is 158 cm³/mol. The minimum atomic E-state index is -0.543. The molecule has 0 bridgehead atoms. The lowest BCUT2D eigenvalue weighted by atomic mass is 10.1. The van der Waals surface area contributed by atoms with Gasteiger partial charge in [0.1, 0.15) is 28.5 Å². The fraction of sp³-hybridized carbons (Fsp3) is 0.500. The molecule has 0 spiro atoms. The molecule has 2 aliphatic rings.